The van der Waals surface area contributed by atoms with Crippen LogP contribution < -0.4 is 10.2 Å². The second kappa shape index (κ2) is 8.83. The molecular formula is C19H30N3O2+. The number of amides is 2. The number of nitrogens with zero attached hydrogens (tertiary/aromatic N) is 1. The lowest BCUT2D eigenvalue weighted by Gasteiger charge is -2.24. The Hall–Kier alpha value is -1.88. The average molecular weight is 332 g/mol. The van der Waals surface area contributed by atoms with Crippen LogP contribution in [0.2, 0.25) is 0 Å². The summed E-state index contributed by atoms with van der Waals surface area (Å²) >= 11 is 0. The lowest BCUT2D eigenvalue weighted by atomic mass is 10.1. The lowest BCUT2D eigenvalue weighted by molar-refractivity contribution is -0.863. The van der Waals surface area contributed by atoms with Gasteiger partial charge in [-0.2, -0.15) is 0 Å². The van der Waals surface area contributed by atoms with Crippen molar-refractivity contribution in [3.63, 3.8) is 0 Å². The minimum absolute atomic E-state index is 0.0448. The van der Waals surface area contributed by atoms with Crippen molar-refractivity contribution >= 4 is 11.8 Å². The standard InChI is InChI=1S/C19H29N3O2/c1-4-11-22(12-16-7-5-15(2)6-8-16)19(24)14-21(3)13-18(23)20-17-9-10-17/h5-8,17H,4,9-14H2,1-3H3,(H,20,23)/p+1. The third-order valence-corrected chi connectivity index (χ3v) is 4.20. The van der Waals surface area contributed by atoms with Gasteiger partial charge in [-0.1, -0.05) is 36.8 Å². The van der Waals surface area contributed by atoms with E-state index in [-0.39, 0.29) is 11.8 Å². The molecule has 0 spiro atoms. The molecule has 0 heterocycles. The molecule has 0 bridgehead atoms. The zero-order valence-corrected chi connectivity index (χ0v) is 15.1. The predicted molar refractivity (Wildman–Crippen MR) is 94.7 cm³/mol. The highest BCUT2D eigenvalue weighted by atomic mass is 16.2. The van der Waals surface area contributed by atoms with Crippen LogP contribution in [0.5, 0.6) is 0 Å². The van der Waals surface area contributed by atoms with Crippen LogP contribution in [0.1, 0.15) is 37.3 Å². The number of likely N-dealkylation sites (N-methyl/N-ethyl adjacent to an activating group) is 1. The molecule has 0 saturated heterocycles. The van der Waals surface area contributed by atoms with Crippen molar-refractivity contribution in [1.82, 2.24) is 10.2 Å². The summed E-state index contributed by atoms with van der Waals surface area (Å²) in [6.45, 7) is 6.22. The normalized spacial score (nSPS) is 15.0. The molecule has 1 saturated carbocycles. The predicted octanol–water partition coefficient (Wildman–Crippen LogP) is 0.527. The van der Waals surface area contributed by atoms with E-state index in [1.807, 2.05) is 11.9 Å². The Morgan fingerprint density at radius 1 is 1.21 bits per heavy atom. The van der Waals surface area contributed by atoms with Gasteiger partial charge in [-0.3, -0.25) is 9.59 Å². The van der Waals surface area contributed by atoms with E-state index >= 15 is 0 Å². The molecule has 5 heteroatoms. The maximum atomic E-state index is 12.6. The van der Waals surface area contributed by atoms with Crippen molar-refractivity contribution in [2.45, 2.75) is 45.7 Å². The van der Waals surface area contributed by atoms with E-state index in [0.29, 0.717) is 25.7 Å². The summed E-state index contributed by atoms with van der Waals surface area (Å²) < 4.78 is 0. The molecule has 1 aliphatic carbocycles. The summed E-state index contributed by atoms with van der Waals surface area (Å²) in [5.41, 5.74) is 2.37. The molecule has 132 valence electrons. The first-order chi connectivity index (χ1) is 11.5. The third-order valence-electron chi connectivity index (χ3n) is 4.20. The van der Waals surface area contributed by atoms with Crippen LogP contribution in [0, 0.1) is 6.92 Å². The Morgan fingerprint density at radius 3 is 2.46 bits per heavy atom. The van der Waals surface area contributed by atoms with E-state index < -0.39 is 0 Å². The van der Waals surface area contributed by atoms with E-state index in [4.69, 9.17) is 0 Å². The summed E-state index contributed by atoms with van der Waals surface area (Å²) in [5, 5.41) is 2.97. The first kappa shape index (κ1) is 18.5. The highest BCUT2D eigenvalue weighted by Crippen LogP contribution is 2.18. The SMILES string of the molecule is CCCN(Cc1ccc(C)cc1)C(=O)C[NH+](C)CC(=O)NC1CC1. The molecule has 0 radical (unpaired) electrons. The highest BCUT2D eigenvalue weighted by molar-refractivity contribution is 5.79. The van der Waals surface area contributed by atoms with Gasteiger partial charge in [0.2, 0.25) is 0 Å². The molecule has 0 aliphatic heterocycles. The second-order valence-electron chi connectivity index (χ2n) is 6.95. The van der Waals surface area contributed by atoms with E-state index in [0.717, 1.165) is 36.3 Å². The van der Waals surface area contributed by atoms with Gasteiger partial charge in [0.05, 0.1) is 7.05 Å². The highest BCUT2D eigenvalue weighted by Gasteiger charge is 2.25. The number of carbonyl (C=O) groups excluding carboxylic acids is 2. The van der Waals surface area contributed by atoms with Crippen LogP contribution in [0.3, 0.4) is 0 Å². The van der Waals surface area contributed by atoms with Gasteiger partial charge in [0.15, 0.2) is 13.1 Å². The van der Waals surface area contributed by atoms with Gasteiger partial charge >= 0.3 is 0 Å². The Kier molecular flexibility index (Phi) is 6.79. The van der Waals surface area contributed by atoms with Gasteiger partial charge < -0.3 is 15.1 Å². The monoisotopic (exact) mass is 332 g/mol. The summed E-state index contributed by atoms with van der Waals surface area (Å²) in [6.07, 6.45) is 3.11. The van der Waals surface area contributed by atoms with Crippen molar-refractivity contribution < 1.29 is 14.5 Å². The molecular weight excluding hydrogens is 302 g/mol. The number of nitrogens with one attached hydrogen (secondary N) is 2. The van der Waals surface area contributed by atoms with Crippen molar-refractivity contribution in [3.8, 4) is 0 Å². The first-order valence-corrected chi connectivity index (χ1v) is 8.92. The lowest BCUT2D eigenvalue weighted by Crippen LogP contribution is -3.11. The molecule has 0 aromatic heterocycles. The molecule has 1 unspecified atom stereocenters. The molecule has 24 heavy (non-hydrogen) atoms. The second-order valence-corrected chi connectivity index (χ2v) is 6.95. The Morgan fingerprint density at radius 2 is 1.88 bits per heavy atom. The van der Waals surface area contributed by atoms with Crippen molar-refractivity contribution in [3.05, 3.63) is 35.4 Å². The van der Waals surface area contributed by atoms with E-state index in [1.165, 1.54) is 5.56 Å². The maximum absolute atomic E-state index is 12.6. The number of carbonyl (C=O) groups is 2. The van der Waals surface area contributed by atoms with Gasteiger partial charge in [0, 0.05) is 19.1 Å². The molecule has 1 aliphatic rings. The molecule has 1 aromatic rings. The fraction of sp³-hybridized carbons (Fsp3) is 0.579. The summed E-state index contributed by atoms with van der Waals surface area (Å²) in [6, 6.07) is 8.67. The van der Waals surface area contributed by atoms with E-state index in [9.17, 15) is 9.59 Å². The Balaban J connectivity index is 1.84. The number of benzene rings is 1. The van der Waals surface area contributed by atoms with Crippen molar-refractivity contribution in [2.75, 3.05) is 26.7 Å². The van der Waals surface area contributed by atoms with Crippen LogP contribution in [0.15, 0.2) is 24.3 Å². The quantitative estimate of drug-likeness (QED) is 0.693. The number of hydrogen-bond donors (Lipinski definition) is 2. The summed E-state index contributed by atoms with van der Waals surface area (Å²) in [7, 11) is 1.90. The molecule has 1 fully saturated rings. The number of rotatable bonds is 9. The smallest absolute Gasteiger partial charge is 0.278 e. The third kappa shape index (κ3) is 6.32. The topological polar surface area (TPSA) is 53.9 Å². The Bertz CT molecular complexity index is 552. The van der Waals surface area contributed by atoms with E-state index in [2.05, 4.69) is 43.4 Å². The van der Waals surface area contributed by atoms with Gasteiger partial charge in [-0.05, 0) is 31.7 Å². The van der Waals surface area contributed by atoms with Crippen LogP contribution in [-0.2, 0) is 16.1 Å². The van der Waals surface area contributed by atoms with Crippen molar-refractivity contribution in [1.29, 1.82) is 0 Å². The fourth-order valence-electron chi connectivity index (χ4n) is 2.69. The fourth-order valence-corrected chi connectivity index (χ4v) is 2.69. The largest absolute Gasteiger partial charge is 0.348 e. The van der Waals surface area contributed by atoms with Gasteiger partial charge in [0.1, 0.15) is 0 Å². The zero-order valence-electron chi connectivity index (χ0n) is 15.1. The summed E-state index contributed by atoms with van der Waals surface area (Å²) in [5.74, 6) is 0.150. The zero-order chi connectivity index (χ0) is 17.5. The van der Waals surface area contributed by atoms with Gasteiger partial charge in [-0.15, -0.1) is 0 Å². The minimum atomic E-state index is 0.0448. The van der Waals surface area contributed by atoms with Crippen LogP contribution in [0.4, 0.5) is 0 Å². The maximum Gasteiger partial charge on any atom is 0.278 e. The van der Waals surface area contributed by atoms with Crippen LogP contribution in [0.25, 0.3) is 0 Å². The minimum Gasteiger partial charge on any atom is -0.348 e. The molecule has 1 atom stereocenters. The van der Waals surface area contributed by atoms with Crippen LogP contribution >= 0.6 is 0 Å². The first-order valence-electron chi connectivity index (χ1n) is 8.92. The van der Waals surface area contributed by atoms with E-state index in [1.54, 1.807) is 0 Å². The molecule has 1 aromatic carbocycles. The van der Waals surface area contributed by atoms with Crippen LogP contribution in [-0.4, -0.2) is 49.4 Å². The number of aryl methyl sites for hydroxylation is 1. The molecule has 2 N–H and O–H groups in total. The van der Waals surface area contributed by atoms with Crippen molar-refractivity contribution in [2.24, 2.45) is 0 Å². The van der Waals surface area contributed by atoms with Gasteiger partial charge in [-0.25, -0.2) is 0 Å². The average Bonchev–Trinajstić information content (AvgIpc) is 3.32. The molecule has 2 amide bonds. The van der Waals surface area contributed by atoms with Gasteiger partial charge in [0.25, 0.3) is 11.8 Å². The summed E-state index contributed by atoms with van der Waals surface area (Å²) in [4.78, 5) is 27.3. The number of quaternary nitrogens is 1. The Labute approximate surface area is 145 Å². The number of hydrogen-bond acceptors (Lipinski definition) is 2. The molecule has 2 rings (SSSR count). The molecule has 5 nitrogen and oxygen atoms in total.